The third-order valence-corrected chi connectivity index (χ3v) is 9.49. The van der Waals surface area contributed by atoms with Crippen molar-refractivity contribution in [2.24, 2.45) is 0 Å². The van der Waals surface area contributed by atoms with E-state index in [1.165, 1.54) is 12.1 Å². The van der Waals surface area contributed by atoms with Gasteiger partial charge in [-0.3, -0.25) is 9.32 Å². The Morgan fingerprint density at radius 3 is 2.63 bits per heavy atom. The van der Waals surface area contributed by atoms with Gasteiger partial charge < -0.3 is 29.3 Å². The smallest absolute Gasteiger partial charge is 0.469 e. The lowest BCUT2D eigenvalue weighted by Gasteiger charge is -2.17. The van der Waals surface area contributed by atoms with Crippen molar-refractivity contribution in [1.29, 1.82) is 0 Å². The molecule has 0 bridgehead atoms. The van der Waals surface area contributed by atoms with E-state index in [0.717, 1.165) is 34.1 Å². The standard InChI is InChI=1S/C28H32ClN4O8PS/c1-32(2)10-12-40-21-4-7-24-19(13-21)15-25(31-24)28(34)33-17-20(16-29)27-23-6-5-22(14-18(23)3-8-26(27)33)43(38,39)30-9-11-41-42(35,36)37/h3-8,13-15,20,30-31H,9-12,16-17H2,1-2H3,(H2,35,36,37)/t20-/m1/s1. The van der Waals surface area contributed by atoms with Gasteiger partial charge >= 0.3 is 7.82 Å². The van der Waals surface area contributed by atoms with Crippen molar-refractivity contribution in [3.8, 4) is 5.75 Å². The van der Waals surface area contributed by atoms with Crippen molar-refractivity contribution < 1.29 is 36.8 Å². The van der Waals surface area contributed by atoms with Crippen LogP contribution in [0, 0.1) is 0 Å². The zero-order valence-electron chi connectivity index (χ0n) is 23.5. The number of amides is 1. The van der Waals surface area contributed by atoms with Crippen molar-refractivity contribution in [3.05, 3.63) is 65.9 Å². The van der Waals surface area contributed by atoms with Gasteiger partial charge in [0.05, 0.1) is 11.5 Å². The van der Waals surface area contributed by atoms with Crippen molar-refractivity contribution >= 4 is 62.7 Å². The summed E-state index contributed by atoms with van der Waals surface area (Å²) in [7, 11) is -4.72. The van der Waals surface area contributed by atoms with Crippen molar-refractivity contribution in [1.82, 2.24) is 14.6 Å². The fraction of sp³-hybridized carbons (Fsp3) is 0.321. The number of aromatic amines is 1. The monoisotopic (exact) mass is 650 g/mol. The van der Waals surface area contributed by atoms with Crippen molar-refractivity contribution in [3.63, 3.8) is 0 Å². The summed E-state index contributed by atoms with van der Waals surface area (Å²) in [5.41, 5.74) is 2.81. The zero-order valence-corrected chi connectivity index (χ0v) is 26.0. The second-order valence-electron chi connectivity index (χ2n) is 10.5. The molecule has 2 heterocycles. The van der Waals surface area contributed by atoms with Gasteiger partial charge in [0.15, 0.2) is 0 Å². The number of ether oxygens (including phenoxy) is 1. The molecule has 5 rings (SSSR count). The van der Waals surface area contributed by atoms with E-state index in [9.17, 15) is 17.8 Å². The minimum Gasteiger partial charge on any atom is -0.492 e. The van der Waals surface area contributed by atoms with Gasteiger partial charge in [-0.05, 0) is 72.9 Å². The number of phosphoric ester groups is 1. The minimum absolute atomic E-state index is 0.0207. The topological polar surface area (TPSA) is 162 Å². The number of fused-ring (bicyclic) bond motifs is 4. The van der Waals surface area contributed by atoms with Crippen LogP contribution in [-0.2, 0) is 19.1 Å². The molecule has 1 aromatic heterocycles. The maximum absolute atomic E-state index is 13.7. The van der Waals surface area contributed by atoms with Crippen LogP contribution < -0.4 is 14.4 Å². The average Bonchev–Trinajstić information content (AvgIpc) is 3.55. The molecule has 230 valence electrons. The number of rotatable bonds is 12. The Hall–Kier alpha value is -3.00. The number of carbonyl (C=O) groups excluding carboxylic acids is 1. The lowest BCUT2D eigenvalue weighted by molar-refractivity contribution is 0.0984. The second-order valence-corrected chi connectivity index (χ2v) is 13.8. The molecular formula is C28H32ClN4O8PS. The molecule has 43 heavy (non-hydrogen) atoms. The lowest BCUT2D eigenvalue weighted by atomic mass is 9.96. The number of benzene rings is 3. The highest BCUT2D eigenvalue weighted by atomic mass is 35.5. The number of sulfonamides is 1. The lowest BCUT2D eigenvalue weighted by Crippen LogP contribution is -2.30. The highest BCUT2D eigenvalue weighted by Crippen LogP contribution is 2.43. The number of carbonyl (C=O) groups is 1. The molecule has 1 aliphatic rings. The summed E-state index contributed by atoms with van der Waals surface area (Å²) in [6.45, 7) is 0.885. The van der Waals surface area contributed by atoms with Gasteiger partial charge in [-0.1, -0.05) is 12.1 Å². The van der Waals surface area contributed by atoms with E-state index in [4.69, 9.17) is 26.1 Å². The van der Waals surface area contributed by atoms with E-state index in [2.05, 4.69) is 14.2 Å². The van der Waals surface area contributed by atoms with Crippen molar-refractivity contribution in [2.75, 3.05) is 57.7 Å². The summed E-state index contributed by atoms with van der Waals surface area (Å²) in [5, 5.41) is 2.27. The maximum Gasteiger partial charge on any atom is 0.469 e. The van der Waals surface area contributed by atoms with E-state index in [0.29, 0.717) is 29.9 Å². The van der Waals surface area contributed by atoms with Gasteiger partial charge in [-0.2, -0.15) is 0 Å². The quantitative estimate of drug-likeness (QED) is 0.102. The van der Waals surface area contributed by atoms with Crippen LogP contribution in [0.5, 0.6) is 5.75 Å². The van der Waals surface area contributed by atoms with Crippen LogP contribution >= 0.6 is 19.4 Å². The van der Waals surface area contributed by atoms with E-state index >= 15 is 0 Å². The number of halogens is 1. The Kier molecular flexibility index (Phi) is 9.17. The summed E-state index contributed by atoms with van der Waals surface area (Å²) in [6.07, 6.45) is 0. The highest BCUT2D eigenvalue weighted by Gasteiger charge is 2.34. The molecule has 0 spiro atoms. The average molecular weight is 651 g/mol. The Labute approximate surface area is 253 Å². The SMILES string of the molecule is CN(C)CCOc1ccc2[nH]c(C(=O)N3C[C@@H](CCl)c4c3ccc3cc(S(=O)(=O)NCCOP(=O)(O)O)ccc43)cc2c1. The van der Waals surface area contributed by atoms with E-state index < -0.39 is 24.5 Å². The second kappa shape index (κ2) is 12.5. The molecule has 4 aromatic rings. The molecule has 4 N–H and O–H groups in total. The molecule has 1 amide bonds. The molecule has 0 saturated heterocycles. The first-order chi connectivity index (χ1) is 20.4. The number of hydrogen-bond acceptors (Lipinski definition) is 7. The Balaban J connectivity index is 1.38. The molecule has 15 heteroatoms. The molecule has 0 saturated carbocycles. The minimum atomic E-state index is -4.70. The summed E-state index contributed by atoms with van der Waals surface area (Å²) >= 11 is 6.37. The third-order valence-electron chi connectivity index (χ3n) is 7.14. The predicted molar refractivity (Wildman–Crippen MR) is 165 cm³/mol. The van der Waals surface area contributed by atoms with Crippen molar-refractivity contribution in [2.45, 2.75) is 10.8 Å². The van der Waals surface area contributed by atoms with Crippen LogP contribution in [0.3, 0.4) is 0 Å². The molecule has 0 aliphatic carbocycles. The number of likely N-dealkylation sites (N-methyl/N-ethyl adjacent to an activating group) is 1. The summed E-state index contributed by atoms with van der Waals surface area (Å²) in [6, 6.07) is 15.6. The molecule has 0 radical (unpaired) electrons. The molecule has 0 unspecified atom stereocenters. The first kappa shape index (κ1) is 31.4. The highest BCUT2D eigenvalue weighted by molar-refractivity contribution is 7.89. The van der Waals surface area contributed by atoms with Crippen LogP contribution in [0.4, 0.5) is 5.69 Å². The van der Waals surface area contributed by atoms with Gasteiger partial charge in [0.25, 0.3) is 5.91 Å². The zero-order chi connectivity index (χ0) is 30.9. The number of aromatic nitrogens is 1. The van der Waals surface area contributed by atoms with Gasteiger partial charge in [0, 0.05) is 48.0 Å². The van der Waals surface area contributed by atoms with Crippen LogP contribution in [0.2, 0.25) is 0 Å². The van der Waals surface area contributed by atoms with E-state index in [-0.39, 0.29) is 29.1 Å². The van der Waals surface area contributed by atoms with Crippen LogP contribution in [-0.4, -0.2) is 86.8 Å². The molecule has 12 nitrogen and oxygen atoms in total. The number of anilines is 1. The van der Waals surface area contributed by atoms with Gasteiger partial charge in [-0.25, -0.2) is 17.7 Å². The number of alkyl halides is 1. The molecule has 1 aliphatic heterocycles. The molecule has 1 atom stereocenters. The first-order valence-electron chi connectivity index (χ1n) is 13.4. The first-order valence-corrected chi connectivity index (χ1v) is 17.0. The van der Waals surface area contributed by atoms with E-state index in [1.54, 1.807) is 29.2 Å². The van der Waals surface area contributed by atoms with Gasteiger partial charge in [0.2, 0.25) is 10.0 Å². The number of phosphoric acid groups is 1. The number of nitrogens with zero attached hydrogens (tertiary/aromatic N) is 2. The van der Waals surface area contributed by atoms with Crippen LogP contribution in [0.15, 0.2) is 59.5 Å². The largest absolute Gasteiger partial charge is 0.492 e. The molecule has 0 fully saturated rings. The Morgan fingerprint density at radius 2 is 1.91 bits per heavy atom. The van der Waals surface area contributed by atoms with Crippen LogP contribution in [0.25, 0.3) is 21.7 Å². The van der Waals surface area contributed by atoms with Crippen LogP contribution in [0.1, 0.15) is 22.0 Å². The Morgan fingerprint density at radius 1 is 1.12 bits per heavy atom. The summed E-state index contributed by atoms with van der Waals surface area (Å²) < 4.78 is 48.8. The summed E-state index contributed by atoms with van der Waals surface area (Å²) in [5.74, 6) is 0.604. The molecular weight excluding hydrogens is 619 g/mol. The number of H-pyrrole nitrogens is 1. The summed E-state index contributed by atoms with van der Waals surface area (Å²) in [4.78, 5) is 38.2. The van der Waals surface area contributed by atoms with Gasteiger partial charge in [0.1, 0.15) is 18.1 Å². The van der Waals surface area contributed by atoms with E-state index in [1.807, 2.05) is 37.2 Å². The predicted octanol–water partition coefficient (Wildman–Crippen LogP) is 3.63. The molecule has 3 aromatic carbocycles. The maximum atomic E-state index is 13.7. The van der Waals surface area contributed by atoms with Gasteiger partial charge in [-0.15, -0.1) is 11.6 Å². The Bertz CT molecular complexity index is 1820. The normalized spacial score (nSPS) is 15.5. The number of nitrogens with one attached hydrogen (secondary N) is 2. The number of hydrogen-bond donors (Lipinski definition) is 4. The fourth-order valence-electron chi connectivity index (χ4n) is 5.11. The third kappa shape index (κ3) is 7.05. The fourth-order valence-corrected chi connectivity index (χ4v) is 6.74.